The highest BCUT2D eigenvalue weighted by Crippen LogP contribution is 2.36. The average Bonchev–Trinajstić information content (AvgIpc) is 3.91. The number of cyclic esters (lactones) is 2. The van der Waals surface area contributed by atoms with Gasteiger partial charge in [-0.05, 0) is 109 Å². The summed E-state index contributed by atoms with van der Waals surface area (Å²) < 4.78 is 82.9. The molecule has 0 spiro atoms. The van der Waals surface area contributed by atoms with Crippen LogP contribution in [-0.2, 0) is 46.1 Å². The molecule has 0 saturated carbocycles. The Morgan fingerprint density at radius 2 is 1.05 bits per heavy atom. The van der Waals surface area contributed by atoms with Crippen molar-refractivity contribution < 1.29 is 75.1 Å². The highest BCUT2D eigenvalue weighted by molar-refractivity contribution is 5.93. The molecule has 65 heavy (non-hydrogen) atoms. The fourth-order valence-corrected chi connectivity index (χ4v) is 8.58. The number of hydrogen-bond acceptors (Lipinski definition) is 12. The summed E-state index contributed by atoms with van der Waals surface area (Å²) in [4.78, 5) is 79.8. The minimum Gasteiger partial charge on any atom is -0.444 e. The molecule has 2 aromatic carbocycles. The maximum Gasteiger partial charge on any atom is 0.417 e. The van der Waals surface area contributed by atoms with Gasteiger partial charge in [0.1, 0.15) is 46.7 Å². The van der Waals surface area contributed by atoms with Crippen LogP contribution in [0.5, 0.6) is 0 Å². The van der Waals surface area contributed by atoms with Gasteiger partial charge in [-0.15, -0.1) is 0 Å². The summed E-state index contributed by atoms with van der Waals surface area (Å²) >= 11 is 0. The number of rotatable bonds is 9. The normalized spacial score (nSPS) is 25.6. The Kier molecular flexibility index (Phi) is 15.8. The van der Waals surface area contributed by atoms with Crippen LogP contribution in [0.1, 0.15) is 92.7 Å². The van der Waals surface area contributed by atoms with Crippen molar-refractivity contribution in [2.24, 2.45) is 0 Å². The molecule has 358 valence electrons. The molecule has 0 radical (unpaired) electrons. The standard InChI is InChI=1S/C24H32F2N2O6.C21H26F2N2O6/c1-6-7-32-18-12-19(27(13-18)22(30)34-24(3,4)5)21-20(28(14(2)29)23(31)33-21)10-15-8-16(25)11-17(26)9-15;1-11(26)25-17(7-12-5-13(22)8-14(23)6-12)18(30-20(25)29)16-9-15(27)10-24(16)19(28)31-21(2,3)4/h8-9,11,18-21H,6-7,10,12-13H2,1-5H3;5-6,8,15-18,27H,7,9-10H2,1-4H3/t18-,19-,20+,21-;15-,16-,17+,18-/m11/s1. The van der Waals surface area contributed by atoms with Crippen LogP contribution in [0.25, 0.3) is 0 Å². The number of amides is 6. The number of hydrogen-bond donors (Lipinski definition) is 1. The summed E-state index contributed by atoms with van der Waals surface area (Å²) in [5.41, 5.74) is -1.05. The molecule has 6 amide bonds. The van der Waals surface area contributed by atoms with Gasteiger partial charge in [0.25, 0.3) is 0 Å². The van der Waals surface area contributed by atoms with Crippen molar-refractivity contribution in [3.8, 4) is 0 Å². The van der Waals surface area contributed by atoms with Crippen molar-refractivity contribution in [3.05, 3.63) is 70.8 Å². The van der Waals surface area contributed by atoms with Gasteiger partial charge < -0.3 is 28.8 Å². The quantitative estimate of drug-likeness (QED) is 0.209. The summed E-state index contributed by atoms with van der Waals surface area (Å²) in [6, 6.07) is 2.76. The molecule has 0 unspecified atom stereocenters. The number of β-amino-alcohol motifs (C(OH)–C–C–N with tert-alkyl or cyclic N) is 1. The van der Waals surface area contributed by atoms with Crippen molar-refractivity contribution in [1.82, 2.24) is 19.6 Å². The smallest absolute Gasteiger partial charge is 0.417 e. The zero-order chi connectivity index (χ0) is 48.3. The number of nitrogens with zero attached hydrogens (tertiary/aromatic N) is 4. The highest BCUT2D eigenvalue weighted by Gasteiger charge is 2.55. The van der Waals surface area contributed by atoms with E-state index in [1.807, 2.05) is 6.92 Å². The molecule has 4 saturated heterocycles. The lowest BCUT2D eigenvalue weighted by atomic mass is 9.94. The van der Waals surface area contributed by atoms with Gasteiger partial charge in [0, 0.05) is 32.6 Å². The fraction of sp³-hybridized carbons (Fsp3) is 0.600. The maximum absolute atomic E-state index is 13.8. The molecule has 4 aliphatic heterocycles. The molecule has 6 rings (SSSR count). The highest BCUT2D eigenvalue weighted by atomic mass is 19.1. The second kappa shape index (κ2) is 20.3. The van der Waals surface area contributed by atoms with Crippen molar-refractivity contribution in [1.29, 1.82) is 0 Å². The van der Waals surface area contributed by atoms with E-state index in [4.69, 9.17) is 23.7 Å². The van der Waals surface area contributed by atoms with E-state index < -0.39 is 113 Å². The largest absolute Gasteiger partial charge is 0.444 e. The van der Waals surface area contributed by atoms with Crippen molar-refractivity contribution in [3.63, 3.8) is 0 Å². The molecule has 0 aromatic heterocycles. The lowest BCUT2D eigenvalue weighted by Crippen LogP contribution is -2.51. The first-order valence-corrected chi connectivity index (χ1v) is 21.4. The van der Waals surface area contributed by atoms with Gasteiger partial charge in [0.05, 0.1) is 49.5 Å². The third-order valence-electron chi connectivity index (χ3n) is 10.9. The SMILES string of the molecule is CC(=O)N1C(=O)O[C@H]([C@H]2C[C@@H](O)CN2C(=O)OC(C)(C)C)[C@@H]1Cc1cc(F)cc(F)c1.CCCO[C@@H]1C[C@H]([C@H]2OC(=O)N(C(C)=O)[C@H]2Cc2cc(F)cc(F)c2)N(C(=O)OC(C)(C)C)C1. The number of imide groups is 2. The van der Waals surface area contributed by atoms with E-state index in [-0.39, 0.29) is 49.6 Å². The van der Waals surface area contributed by atoms with E-state index in [2.05, 4.69) is 0 Å². The molecule has 4 fully saturated rings. The molecular formula is C45H58F4N4O12. The predicted molar refractivity (Wildman–Crippen MR) is 222 cm³/mol. The lowest BCUT2D eigenvalue weighted by molar-refractivity contribution is -0.128. The monoisotopic (exact) mass is 922 g/mol. The first-order valence-electron chi connectivity index (χ1n) is 21.4. The zero-order valence-corrected chi connectivity index (χ0v) is 38.0. The molecule has 4 heterocycles. The Hall–Kier alpha value is -5.50. The number of benzene rings is 2. The maximum atomic E-state index is 13.8. The van der Waals surface area contributed by atoms with Crippen LogP contribution in [0, 0.1) is 23.3 Å². The number of aliphatic hydroxyl groups excluding tert-OH is 1. The van der Waals surface area contributed by atoms with E-state index >= 15 is 0 Å². The Morgan fingerprint density at radius 1 is 0.662 bits per heavy atom. The first kappa shape index (κ1) is 50.5. The lowest BCUT2D eigenvalue weighted by Gasteiger charge is -2.33. The van der Waals surface area contributed by atoms with Crippen LogP contribution >= 0.6 is 0 Å². The minimum absolute atomic E-state index is 0.0327. The van der Waals surface area contributed by atoms with Gasteiger partial charge in [0.2, 0.25) is 11.8 Å². The molecular weight excluding hydrogens is 865 g/mol. The second-order valence-electron chi connectivity index (χ2n) is 18.6. The predicted octanol–water partition coefficient (Wildman–Crippen LogP) is 6.66. The van der Waals surface area contributed by atoms with Crippen LogP contribution in [0.15, 0.2) is 36.4 Å². The van der Waals surface area contributed by atoms with Gasteiger partial charge in [-0.2, -0.15) is 0 Å². The molecule has 0 aliphatic carbocycles. The third-order valence-corrected chi connectivity index (χ3v) is 10.9. The zero-order valence-electron chi connectivity index (χ0n) is 38.0. The molecule has 1 N–H and O–H groups in total. The van der Waals surface area contributed by atoms with Crippen LogP contribution in [-0.4, -0.2) is 140 Å². The third kappa shape index (κ3) is 12.9. The number of carbonyl (C=O) groups is 6. The Balaban J connectivity index is 0.000000245. The first-order chi connectivity index (χ1) is 30.2. The molecule has 2 aromatic rings. The Morgan fingerprint density at radius 3 is 1.42 bits per heavy atom. The summed E-state index contributed by atoms with van der Waals surface area (Å²) in [5, 5.41) is 10.2. The minimum atomic E-state index is -1.01. The van der Waals surface area contributed by atoms with Crippen molar-refractivity contribution in [2.45, 2.75) is 154 Å². The fourth-order valence-electron chi connectivity index (χ4n) is 8.58. The van der Waals surface area contributed by atoms with Crippen LogP contribution in [0.2, 0.25) is 0 Å². The van der Waals surface area contributed by atoms with Gasteiger partial charge in [-0.25, -0.2) is 46.5 Å². The van der Waals surface area contributed by atoms with Gasteiger partial charge in [-0.1, -0.05) is 6.92 Å². The Labute approximate surface area is 375 Å². The Bertz CT molecular complexity index is 2070. The molecule has 0 bridgehead atoms. The number of likely N-dealkylation sites (tertiary alicyclic amines) is 2. The second-order valence-corrected chi connectivity index (χ2v) is 18.6. The van der Waals surface area contributed by atoms with E-state index in [1.54, 1.807) is 41.5 Å². The van der Waals surface area contributed by atoms with Crippen LogP contribution < -0.4 is 0 Å². The summed E-state index contributed by atoms with van der Waals surface area (Å²) in [7, 11) is 0. The summed E-state index contributed by atoms with van der Waals surface area (Å²) in [6.07, 6.45) is -5.06. The summed E-state index contributed by atoms with van der Waals surface area (Å²) in [5.74, 6) is -4.28. The van der Waals surface area contributed by atoms with E-state index in [0.29, 0.717) is 13.0 Å². The van der Waals surface area contributed by atoms with Gasteiger partial charge in [0.15, 0.2) is 0 Å². The topological polar surface area (TPSA) is 182 Å². The van der Waals surface area contributed by atoms with Crippen LogP contribution in [0.3, 0.4) is 0 Å². The van der Waals surface area contributed by atoms with Crippen LogP contribution in [0.4, 0.5) is 36.7 Å². The molecule has 4 aliphatic rings. The number of ether oxygens (including phenoxy) is 5. The van der Waals surface area contributed by atoms with Gasteiger partial charge >= 0.3 is 24.4 Å². The molecule has 20 heteroatoms. The molecule has 8 atom stereocenters. The number of aliphatic hydroxyl groups is 1. The van der Waals surface area contributed by atoms with Crippen molar-refractivity contribution in [2.75, 3.05) is 19.7 Å². The number of halogens is 4. The van der Waals surface area contributed by atoms with E-state index in [0.717, 1.165) is 52.6 Å². The average molecular weight is 923 g/mol. The van der Waals surface area contributed by atoms with E-state index in [9.17, 15) is 51.4 Å². The summed E-state index contributed by atoms with van der Waals surface area (Å²) in [6.45, 7) is 15.4. The van der Waals surface area contributed by atoms with E-state index in [1.165, 1.54) is 23.6 Å². The number of carbonyl (C=O) groups excluding carboxylic acids is 6. The van der Waals surface area contributed by atoms with Gasteiger partial charge in [-0.3, -0.25) is 19.4 Å². The van der Waals surface area contributed by atoms with Crippen molar-refractivity contribution >= 4 is 36.2 Å². The molecule has 16 nitrogen and oxygen atoms in total.